The molecule has 1 unspecified atom stereocenters. The van der Waals surface area contributed by atoms with Gasteiger partial charge in [0.05, 0.1) is 7.11 Å². The molecule has 0 spiro atoms. The average Bonchev–Trinajstić information content (AvgIpc) is 2.93. The van der Waals surface area contributed by atoms with Gasteiger partial charge in [-0.1, -0.05) is 41.1 Å². The highest BCUT2D eigenvalue weighted by molar-refractivity contribution is 9.10. The summed E-state index contributed by atoms with van der Waals surface area (Å²) in [6, 6.07) is 19.2. The minimum absolute atomic E-state index is 0.505. The van der Waals surface area contributed by atoms with E-state index in [9.17, 15) is 0 Å². The van der Waals surface area contributed by atoms with E-state index in [1.54, 1.807) is 7.11 Å². The lowest BCUT2D eigenvalue weighted by Crippen LogP contribution is -2.14. The van der Waals surface area contributed by atoms with Crippen molar-refractivity contribution >= 4 is 38.1 Å². The molecule has 23 heavy (non-hydrogen) atoms. The van der Waals surface area contributed by atoms with Gasteiger partial charge in [-0.05, 0) is 52.7 Å². The van der Waals surface area contributed by atoms with Crippen LogP contribution in [0.25, 0.3) is 10.8 Å². The summed E-state index contributed by atoms with van der Waals surface area (Å²) in [4.78, 5) is 2.40. The van der Waals surface area contributed by atoms with Crippen LogP contribution in [0, 0.1) is 0 Å². The summed E-state index contributed by atoms with van der Waals surface area (Å²) in [5.41, 5.74) is 3.97. The van der Waals surface area contributed by atoms with Crippen LogP contribution in [0.3, 0.4) is 0 Å². The number of anilines is 2. The van der Waals surface area contributed by atoms with Crippen LogP contribution in [0.4, 0.5) is 11.4 Å². The number of methoxy groups -OCH3 is 1. The standard InChI is InChI=1S/C20H18BrNO/c1-13-12-22(14-6-8-15(23-2)9-7-14)19-11-10-16-17(20(13)19)4-3-5-18(16)21/h3-11,13H,12H2,1-2H3. The van der Waals surface area contributed by atoms with Crippen molar-refractivity contribution in [2.45, 2.75) is 12.8 Å². The van der Waals surface area contributed by atoms with Gasteiger partial charge in [0.25, 0.3) is 0 Å². The first kappa shape index (κ1) is 14.6. The molecule has 3 heteroatoms. The predicted octanol–water partition coefficient (Wildman–Crippen LogP) is 5.87. The molecule has 0 aliphatic carbocycles. The molecule has 0 radical (unpaired) electrons. The summed E-state index contributed by atoms with van der Waals surface area (Å²) in [6.45, 7) is 3.32. The van der Waals surface area contributed by atoms with Gasteiger partial charge in [-0.2, -0.15) is 0 Å². The summed E-state index contributed by atoms with van der Waals surface area (Å²) in [7, 11) is 1.70. The molecule has 1 heterocycles. The van der Waals surface area contributed by atoms with Gasteiger partial charge in [0.2, 0.25) is 0 Å². The highest BCUT2D eigenvalue weighted by Crippen LogP contribution is 2.45. The average molecular weight is 368 g/mol. The Hall–Kier alpha value is -2.00. The summed E-state index contributed by atoms with van der Waals surface area (Å²) >= 11 is 3.67. The van der Waals surface area contributed by atoms with Crippen molar-refractivity contribution in [3.8, 4) is 5.75 Å². The zero-order chi connectivity index (χ0) is 16.0. The molecule has 3 aromatic carbocycles. The molecule has 0 aromatic heterocycles. The minimum Gasteiger partial charge on any atom is -0.497 e. The molecule has 0 saturated carbocycles. The Morgan fingerprint density at radius 2 is 1.78 bits per heavy atom. The third-order valence-electron chi connectivity index (χ3n) is 4.65. The fraction of sp³-hybridized carbons (Fsp3) is 0.200. The molecular formula is C20H18BrNO. The van der Waals surface area contributed by atoms with Crippen LogP contribution < -0.4 is 9.64 Å². The van der Waals surface area contributed by atoms with Crippen LogP contribution in [0.5, 0.6) is 5.75 Å². The molecule has 1 atom stereocenters. The third kappa shape index (κ3) is 2.31. The van der Waals surface area contributed by atoms with Gasteiger partial charge in [0, 0.05) is 28.3 Å². The number of fused-ring (bicyclic) bond motifs is 3. The second-order valence-corrected chi connectivity index (χ2v) is 6.90. The molecule has 1 aliphatic heterocycles. The Morgan fingerprint density at radius 1 is 1.00 bits per heavy atom. The maximum absolute atomic E-state index is 5.27. The Bertz CT molecular complexity index is 873. The van der Waals surface area contributed by atoms with Crippen LogP contribution in [-0.4, -0.2) is 13.7 Å². The number of hydrogen-bond donors (Lipinski definition) is 0. The van der Waals surface area contributed by atoms with Gasteiger partial charge < -0.3 is 9.64 Å². The molecular weight excluding hydrogens is 350 g/mol. The van der Waals surface area contributed by atoms with Crippen LogP contribution in [0.1, 0.15) is 18.4 Å². The summed E-state index contributed by atoms with van der Waals surface area (Å²) in [5.74, 6) is 1.40. The molecule has 116 valence electrons. The third-order valence-corrected chi connectivity index (χ3v) is 5.34. The van der Waals surface area contributed by atoms with Gasteiger partial charge in [-0.3, -0.25) is 0 Å². The van der Waals surface area contributed by atoms with Gasteiger partial charge in [0.15, 0.2) is 0 Å². The quantitative estimate of drug-likeness (QED) is 0.561. The molecule has 2 nitrogen and oxygen atoms in total. The first-order valence-electron chi connectivity index (χ1n) is 7.82. The number of rotatable bonds is 2. The maximum Gasteiger partial charge on any atom is 0.119 e. The van der Waals surface area contributed by atoms with Crippen molar-refractivity contribution in [1.82, 2.24) is 0 Å². The number of ether oxygens (including phenoxy) is 1. The van der Waals surface area contributed by atoms with Crippen molar-refractivity contribution in [3.63, 3.8) is 0 Å². The highest BCUT2D eigenvalue weighted by atomic mass is 79.9. The van der Waals surface area contributed by atoms with Crippen molar-refractivity contribution in [2.24, 2.45) is 0 Å². The SMILES string of the molecule is COc1ccc(N2CC(C)c3c2ccc2c(Br)cccc32)cc1. The van der Waals surface area contributed by atoms with Crippen LogP contribution in [0.2, 0.25) is 0 Å². The second-order valence-electron chi connectivity index (χ2n) is 6.04. The Labute approximate surface area is 144 Å². The van der Waals surface area contributed by atoms with Crippen molar-refractivity contribution in [2.75, 3.05) is 18.6 Å². The summed E-state index contributed by atoms with van der Waals surface area (Å²) in [6.07, 6.45) is 0. The van der Waals surface area contributed by atoms with E-state index in [1.807, 2.05) is 12.1 Å². The van der Waals surface area contributed by atoms with E-state index in [1.165, 1.54) is 27.7 Å². The lowest BCUT2D eigenvalue weighted by atomic mass is 9.96. The molecule has 0 saturated heterocycles. The van der Waals surface area contributed by atoms with Gasteiger partial charge >= 0.3 is 0 Å². The summed E-state index contributed by atoms with van der Waals surface area (Å²) in [5, 5.41) is 2.63. The van der Waals surface area contributed by atoms with Crippen molar-refractivity contribution < 1.29 is 4.74 Å². The molecule has 4 rings (SSSR count). The number of halogens is 1. The molecule has 0 amide bonds. The topological polar surface area (TPSA) is 12.5 Å². The minimum atomic E-state index is 0.505. The zero-order valence-electron chi connectivity index (χ0n) is 13.2. The fourth-order valence-electron chi connectivity index (χ4n) is 3.55. The van der Waals surface area contributed by atoms with Crippen molar-refractivity contribution in [3.05, 3.63) is 64.6 Å². The van der Waals surface area contributed by atoms with Gasteiger partial charge in [-0.25, -0.2) is 0 Å². The Morgan fingerprint density at radius 3 is 2.52 bits per heavy atom. The van der Waals surface area contributed by atoms with Crippen molar-refractivity contribution in [1.29, 1.82) is 0 Å². The molecule has 3 aromatic rings. The first-order chi connectivity index (χ1) is 11.2. The Kier molecular flexibility index (Phi) is 3.53. The van der Waals surface area contributed by atoms with E-state index in [0.29, 0.717) is 5.92 Å². The van der Waals surface area contributed by atoms with E-state index in [4.69, 9.17) is 4.74 Å². The molecule has 0 bridgehead atoms. The smallest absolute Gasteiger partial charge is 0.119 e. The largest absolute Gasteiger partial charge is 0.497 e. The van der Waals surface area contributed by atoms with Gasteiger partial charge in [0.1, 0.15) is 5.75 Å². The molecule has 0 fully saturated rings. The number of benzene rings is 3. The Balaban J connectivity index is 1.86. The molecule has 1 aliphatic rings. The van der Waals surface area contributed by atoms with Crippen LogP contribution in [0.15, 0.2) is 59.1 Å². The highest BCUT2D eigenvalue weighted by Gasteiger charge is 2.28. The van der Waals surface area contributed by atoms with E-state index < -0.39 is 0 Å². The monoisotopic (exact) mass is 367 g/mol. The van der Waals surface area contributed by atoms with E-state index >= 15 is 0 Å². The molecule has 0 N–H and O–H groups in total. The van der Waals surface area contributed by atoms with E-state index in [-0.39, 0.29) is 0 Å². The zero-order valence-corrected chi connectivity index (χ0v) is 14.8. The van der Waals surface area contributed by atoms with Gasteiger partial charge in [-0.15, -0.1) is 0 Å². The first-order valence-corrected chi connectivity index (χ1v) is 8.61. The second kappa shape index (κ2) is 5.57. The van der Waals surface area contributed by atoms with Crippen LogP contribution in [-0.2, 0) is 0 Å². The maximum atomic E-state index is 5.27. The van der Waals surface area contributed by atoms with E-state index in [0.717, 1.165) is 16.8 Å². The lowest BCUT2D eigenvalue weighted by Gasteiger charge is -2.20. The fourth-order valence-corrected chi connectivity index (χ4v) is 4.05. The number of nitrogens with zero attached hydrogens (tertiary/aromatic N) is 1. The van der Waals surface area contributed by atoms with E-state index in [2.05, 4.69) is 70.2 Å². The summed E-state index contributed by atoms with van der Waals surface area (Å²) < 4.78 is 6.43. The number of hydrogen-bond acceptors (Lipinski definition) is 2. The lowest BCUT2D eigenvalue weighted by molar-refractivity contribution is 0.415. The predicted molar refractivity (Wildman–Crippen MR) is 100 cm³/mol. The van der Waals surface area contributed by atoms with Crippen LogP contribution >= 0.6 is 15.9 Å². The normalized spacial score (nSPS) is 16.7.